The van der Waals surface area contributed by atoms with Gasteiger partial charge in [-0.3, -0.25) is 4.79 Å². The van der Waals surface area contributed by atoms with Gasteiger partial charge in [-0.25, -0.2) is 0 Å². The summed E-state index contributed by atoms with van der Waals surface area (Å²) in [6.07, 6.45) is 0.805. The Morgan fingerprint density at radius 3 is 2.28 bits per heavy atom. The molecule has 0 radical (unpaired) electrons. The molecular weight excluding hydrogens is 224 g/mol. The van der Waals surface area contributed by atoms with E-state index in [1.165, 1.54) is 5.56 Å². The minimum atomic E-state index is 0.0618. The first kappa shape index (κ1) is 14.7. The molecule has 0 saturated carbocycles. The molecule has 0 amide bonds. The molecule has 0 fully saturated rings. The van der Waals surface area contributed by atoms with Crippen molar-refractivity contribution in [1.29, 1.82) is 0 Å². The van der Waals surface area contributed by atoms with Crippen molar-refractivity contribution >= 4 is 5.78 Å². The molecule has 0 N–H and O–H groups in total. The van der Waals surface area contributed by atoms with Crippen LogP contribution in [0.5, 0.6) is 0 Å². The lowest BCUT2D eigenvalue weighted by atomic mass is 9.97. The second kappa shape index (κ2) is 6.50. The van der Waals surface area contributed by atoms with E-state index in [2.05, 4.69) is 6.58 Å². The average molecular weight is 246 g/mol. The average Bonchev–Trinajstić information content (AvgIpc) is 2.22. The summed E-state index contributed by atoms with van der Waals surface area (Å²) in [5.74, 6) is 0.0618. The lowest BCUT2D eigenvalue weighted by Crippen LogP contribution is -2.13. The summed E-state index contributed by atoms with van der Waals surface area (Å²) in [7, 11) is 0. The first-order valence-corrected chi connectivity index (χ1v) is 6.25. The molecule has 98 valence electrons. The van der Waals surface area contributed by atoms with Crippen LogP contribution in [-0.2, 0) is 4.74 Å². The molecule has 0 bridgehead atoms. The minimum Gasteiger partial charge on any atom is -0.373 e. The van der Waals surface area contributed by atoms with Crippen LogP contribution in [0, 0.1) is 20.8 Å². The van der Waals surface area contributed by atoms with E-state index in [1.807, 2.05) is 39.8 Å². The number of ether oxygens (including phenoxy) is 1. The van der Waals surface area contributed by atoms with Gasteiger partial charge in [-0.05, 0) is 45.2 Å². The van der Waals surface area contributed by atoms with Gasteiger partial charge in [0, 0.05) is 5.56 Å². The highest BCUT2D eigenvalue weighted by molar-refractivity contribution is 5.99. The smallest absolute Gasteiger partial charge is 0.188 e. The Balaban J connectivity index is 2.65. The molecule has 0 aliphatic carbocycles. The van der Waals surface area contributed by atoms with E-state index in [4.69, 9.17) is 4.74 Å². The number of carbonyl (C=O) groups is 1. The van der Waals surface area contributed by atoms with E-state index >= 15 is 0 Å². The van der Waals surface area contributed by atoms with E-state index in [0.717, 1.165) is 28.7 Å². The molecule has 0 atom stereocenters. The van der Waals surface area contributed by atoms with Crippen LogP contribution in [0.25, 0.3) is 0 Å². The van der Waals surface area contributed by atoms with Crippen molar-refractivity contribution in [2.24, 2.45) is 0 Å². The van der Waals surface area contributed by atoms with Crippen LogP contribution in [0.1, 0.15) is 40.4 Å². The number of ketones is 1. The highest BCUT2D eigenvalue weighted by Crippen LogP contribution is 2.17. The van der Waals surface area contributed by atoms with Crippen molar-refractivity contribution in [3.05, 3.63) is 46.5 Å². The minimum absolute atomic E-state index is 0.0618. The van der Waals surface area contributed by atoms with Crippen LogP contribution in [-0.4, -0.2) is 19.0 Å². The molecular formula is C16H22O2. The molecule has 1 aromatic carbocycles. The normalized spacial score (nSPS) is 10.4. The molecule has 18 heavy (non-hydrogen) atoms. The zero-order valence-corrected chi connectivity index (χ0v) is 11.8. The standard InChI is InChI=1S/C16H22O2/c1-11(2)6-7-18-10-15(17)16-13(4)8-12(3)9-14(16)5/h8-9H,1,6-7,10H2,2-5H3. The van der Waals surface area contributed by atoms with E-state index in [-0.39, 0.29) is 12.4 Å². The van der Waals surface area contributed by atoms with Crippen molar-refractivity contribution in [2.45, 2.75) is 34.1 Å². The third-order valence-corrected chi connectivity index (χ3v) is 2.86. The quantitative estimate of drug-likeness (QED) is 0.434. The molecule has 0 spiro atoms. The maximum Gasteiger partial charge on any atom is 0.188 e. The molecule has 0 unspecified atom stereocenters. The van der Waals surface area contributed by atoms with Crippen molar-refractivity contribution < 1.29 is 9.53 Å². The predicted molar refractivity (Wildman–Crippen MR) is 75.2 cm³/mol. The third-order valence-electron chi connectivity index (χ3n) is 2.86. The lowest BCUT2D eigenvalue weighted by molar-refractivity contribution is 0.0764. The van der Waals surface area contributed by atoms with Crippen LogP contribution in [0.3, 0.4) is 0 Å². The number of rotatable bonds is 6. The van der Waals surface area contributed by atoms with Crippen LogP contribution in [0.2, 0.25) is 0 Å². The monoisotopic (exact) mass is 246 g/mol. The Hall–Kier alpha value is -1.41. The number of aryl methyl sites for hydroxylation is 3. The van der Waals surface area contributed by atoms with Crippen molar-refractivity contribution in [3.63, 3.8) is 0 Å². The molecule has 0 heterocycles. The van der Waals surface area contributed by atoms with Gasteiger partial charge in [0.25, 0.3) is 0 Å². The zero-order chi connectivity index (χ0) is 13.7. The third kappa shape index (κ3) is 4.11. The van der Waals surface area contributed by atoms with Crippen LogP contribution in [0.4, 0.5) is 0 Å². The number of hydrogen-bond acceptors (Lipinski definition) is 2. The fourth-order valence-corrected chi connectivity index (χ4v) is 2.10. The van der Waals surface area contributed by atoms with Gasteiger partial charge in [-0.1, -0.05) is 23.3 Å². The highest BCUT2D eigenvalue weighted by Gasteiger charge is 2.12. The Morgan fingerprint density at radius 2 is 1.78 bits per heavy atom. The second-order valence-corrected chi connectivity index (χ2v) is 4.96. The number of benzene rings is 1. The molecule has 2 nitrogen and oxygen atoms in total. The maximum absolute atomic E-state index is 12.1. The lowest BCUT2D eigenvalue weighted by Gasteiger charge is -2.10. The number of carbonyl (C=O) groups excluding carboxylic acids is 1. The first-order valence-electron chi connectivity index (χ1n) is 6.25. The zero-order valence-electron chi connectivity index (χ0n) is 11.8. The van der Waals surface area contributed by atoms with Gasteiger partial charge >= 0.3 is 0 Å². The molecule has 2 heteroatoms. The van der Waals surface area contributed by atoms with E-state index in [0.29, 0.717) is 6.61 Å². The summed E-state index contributed by atoms with van der Waals surface area (Å²) in [4.78, 5) is 12.1. The summed E-state index contributed by atoms with van der Waals surface area (Å²) in [6.45, 7) is 12.5. The van der Waals surface area contributed by atoms with Crippen molar-refractivity contribution in [2.75, 3.05) is 13.2 Å². The van der Waals surface area contributed by atoms with E-state index < -0.39 is 0 Å². The van der Waals surface area contributed by atoms with Gasteiger partial charge in [-0.2, -0.15) is 0 Å². The summed E-state index contributed by atoms with van der Waals surface area (Å²) >= 11 is 0. The highest BCUT2D eigenvalue weighted by atomic mass is 16.5. The Kier molecular flexibility index (Phi) is 5.29. The topological polar surface area (TPSA) is 26.3 Å². The van der Waals surface area contributed by atoms with Gasteiger partial charge < -0.3 is 4.74 Å². The SMILES string of the molecule is C=C(C)CCOCC(=O)c1c(C)cc(C)cc1C. The number of Topliss-reactive ketones (excluding diaryl/α,β-unsaturated/α-hetero) is 1. The Bertz CT molecular complexity index is 435. The molecule has 0 aliphatic rings. The Morgan fingerprint density at radius 1 is 1.22 bits per heavy atom. The van der Waals surface area contributed by atoms with Gasteiger partial charge in [0.05, 0.1) is 6.61 Å². The molecule has 1 rings (SSSR count). The predicted octanol–water partition coefficient (Wildman–Crippen LogP) is 3.78. The van der Waals surface area contributed by atoms with E-state index in [9.17, 15) is 4.79 Å². The molecule has 1 aromatic rings. The fourth-order valence-electron chi connectivity index (χ4n) is 2.10. The van der Waals surface area contributed by atoms with Crippen LogP contribution >= 0.6 is 0 Å². The van der Waals surface area contributed by atoms with Crippen molar-refractivity contribution in [3.8, 4) is 0 Å². The van der Waals surface area contributed by atoms with E-state index in [1.54, 1.807) is 0 Å². The van der Waals surface area contributed by atoms with Crippen molar-refractivity contribution in [1.82, 2.24) is 0 Å². The van der Waals surface area contributed by atoms with Gasteiger partial charge in [0.2, 0.25) is 0 Å². The summed E-state index contributed by atoms with van der Waals surface area (Å²) in [6, 6.07) is 4.07. The maximum atomic E-state index is 12.1. The van der Waals surface area contributed by atoms with Gasteiger partial charge in [0.15, 0.2) is 5.78 Å². The van der Waals surface area contributed by atoms with Crippen LogP contribution < -0.4 is 0 Å². The van der Waals surface area contributed by atoms with Gasteiger partial charge in [0.1, 0.15) is 6.61 Å². The molecule has 0 aromatic heterocycles. The van der Waals surface area contributed by atoms with Gasteiger partial charge in [-0.15, -0.1) is 6.58 Å². The Labute approximate surface area is 110 Å². The fraction of sp³-hybridized carbons (Fsp3) is 0.438. The summed E-state index contributed by atoms with van der Waals surface area (Å²) in [5, 5.41) is 0. The molecule has 0 saturated heterocycles. The number of hydrogen-bond donors (Lipinski definition) is 0. The van der Waals surface area contributed by atoms with Crippen LogP contribution in [0.15, 0.2) is 24.3 Å². The summed E-state index contributed by atoms with van der Waals surface area (Å²) in [5.41, 5.74) is 5.12. The second-order valence-electron chi connectivity index (χ2n) is 4.96. The summed E-state index contributed by atoms with van der Waals surface area (Å²) < 4.78 is 5.39. The molecule has 0 aliphatic heterocycles. The largest absolute Gasteiger partial charge is 0.373 e. The first-order chi connectivity index (χ1) is 8.41.